The van der Waals surface area contributed by atoms with Gasteiger partial charge in [0.25, 0.3) is 0 Å². The molecular weight excluding hydrogens is 278 g/mol. The Bertz CT molecular complexity index is 348. The Morgan fingerprint density at radius 1 is 0.857 bits per heavy atom. The molecule has 0 aliphatic rings. The largest absolute Gasteiger partial charge is 1.00 e. The highest BCUT2D eigenvalue weighted by Crippen LogP contribution is 2.30. The Kier molecular flexibility index (Phi) is 10.8. The molecular formula is C19H34ClN. The van der Waals surface area contributed by atoms with Crippen LogP contribution in [0, 0.1) is 0 Å². The minimum Gasteiger partial charge on any atom is -1.00 e. The normalized spacial score (nSPS) is 12.8. The summed E-state index contributed by atoms with van der Waals surface area (Å²) in [4.78, 5) is 0. The van der Waals surface area contributed by atoms with Gasteiger partial charge in [-0.3, -0.25) is 0 Å². The van der Waals surface area contributed by atoms with E-state index in [4.69, 9.17) is 0 Å². The van der Waals surface area contributed by atoms with E-state index in [0.717, 1.165) is 4.48 Å². The lowest BCUT2D eigenvalue weighted by Crippen LogP contribution is -3.00. The van der Waals surface area contributed by atoms with Crippen LogP contribution < -0.4 is 12.4 Å². The van der Waals surface area contributed by atoms with Gasteiger partial charge in [0.1, 0.15) is 6.04 Å². The Morgan fingerprint density at radius 2 is 1.43 bits per heavy atom. The van der Waals surface area contributed by atoms with Crippen LogP contribution in [0.5, 0.6) is 0 Å². The summed E-state index contributed by atoms with van der Waals surface area (Å²) in [6.45, 7) is 5.78. The van der Waals surface area contributed by atoms with Crippen LogP contribution in [0.1, 0.15) is 70.4 Å². The molecule has 0 radical (unpaired) electrons. The zero-order chi connectivity index (χ0) is 14.8. The maximum Gasteiger partial charge on any atom is 0.114 e. The van der Waals surface area contributed by atoms with Crippen molar-refractivity contribution in [3.63, 3.8) is 0 Å². The van der Waals surface area contributed by atoms with Gasteiger partial charge < -0.3 is 16.9 Å². The zero-order valence-electron chi connectivity index (χ0n) is 14.4. The van der Waals surface area contributed by atoms with Gasteiger partial charge in [0.05, 0.1) is 20.6 Å². The van der Waals surface area contributed by atoms with Crippen LogP contribution in [0.25, 0.3) is 0 Å². The van der Waals surface area contributed by atoms with Crippen molar-refractivity contribution in [2.24, 2.45) is 0 Å². The molecule has 0 aliphatic heterocycles. The summed E-state index contributed by atoms with van der Waals surface area (Å²) < 4.78 is 1.10. The van der Waals surface area contributed by atoms with Crippen LogP contribution in [0.4, 0.5) is 0 Å². The molecule has 1 aromatic carbocycles. The summed E-state index contributed by atoms with van der Waals surface area (Å²) in [6.07, 6.45) is 9.65. The first-order valence-electron chi connectivity index (χ1n) is 8.49. The Hall–Kier alpha value is -0.530. The Morgan fingerprint density at radius 3 is 2.00 bits per heavy atom. The first kappa shape index (κ1) is 20.5. The molecule has 1 unspecified atom stereocenters. The van der Waals surface area contributed by atoms with E-state index in [-0.39, 0.29) is 12.4 Å². The summed E-state index contributed by atoms with van der Waals surface area (Å²) in [6, 6.07) is 11.7. The molecule has 1 nitrogen and oxygen atoms in total. The predicted octanol–water partition coefficient (Wildman–Crippen LogP) is 2.58. The van der Waals surface area contributed by atoms with Crippen molar-refractivity contribution in [3.05, 3.63) is 35.9 Å². The highest BCUT2D eigenvalue weighted by Gasteiger charge is 2.27. The summed E-state index contributed by atoms with van der Waals surface area (Å²) >= 11 is 0. The second-order valence-electron chi connectivity index (χ2n) is 6.58. The highest BCUT2D eigenvalue weighted by molar-refractivity contribution is 5.17. The number of hydrogen-bond donors (Lipinski definition) is 0. The number of halogens is 1. The molecule has 0 aromatic heterocycles. The first-order valence-corrected chi connectivity index (χ1v) is 8.49. The fourth-order valence-corrected chi connectivity index (χ4v) is 2.93. The lowest BCUT2D eigenvalue weighted by atomic mass is 9.97. The van der Waals surface area contributed by atoms with Crippen molar-refractivity contribution in [1.29, 1.82) is 0 Å². The Labute approximate surface area is 138 Å². The smallest absolute Gasteiger partial charge is 0.114 e. The second-order valence-corrected chi connectivity index (χ2v) is 6.58. The van der Waals surface area contributed by atoms with Crippen molar-refractivity contribution >= 4 is 0 Å². The average Bonchev–Trinajstić information content (AvgIpc) is 2.47. The molecule has 0 aliphatic carbocycles. The molecule has 0 spiro atoms. The molecule has 0 amide bonds. The van der Waals surface area contributed by atoms with Crippen LogP contribution in [0.2, 0.25) is 0 Å². The van der Waals surface area contributed by atoms with Gasteiger partial charge in [0.15, 0.2) is 0 Å². The summed E-state index contributed by atoms with van der Waals surface area (Å²) in [7, 11) is 4.74. The lowest BCUT2D eigenvalue weighted by Gasteiger charge is -2.37. The van der Waals surface area contributed by atoms with E-state index in [2.05, 4.69) is 58.3 Å². The fourth-order valence-electron chi connectivity index (χ4n) is 2.93. The van der Waals surface area contributed by atoms with Gasteiger partial charge in [-0.15, -0.1) is 0 Å². The SMILES string of the molecule is CCCCCCCCC(c1ccccc1)[N+](C)(C)CC.[Cl-]. The molecule has 21 heavy (non-hydrogen) atoms. The number of quaternary nitrogens is 1. The zero-order valence-corrected chi connectivity index (χ0v) is 15.2. The molecule has 2 heteroatoms. The van der Waals surface area contributed by atoms with Crippen LogP contribution in [-0.2, 0) is 0 Å². The van der Waals surface area contributed by atoms with Crippen molar-refractivity contribution < 1.29 is 16.9 Å². The number of nitrogens with zero attached hydrogens (tertiary/aromatic N) is 1. The highest BCUT2D eigenvalue weighted by atomic mass is 35.5. The van der Waals surface area contributed by atoms with Crippen LogP contribution in [0.3, 0.4) is 0 Å². The van der Waals surface area contributed by atoms with E-state index in [0.29, 0.717) is 6.04 Å². The van der Waals surface area contributed by atoms with Gasteiger partial charge in [-0.2, -0.15) is 0 Å². The molecule has 0 N–H and O–H groups in total. The monoisotopic (exact) mass is 311 g/mol. The number of hydrogen-bond acceptors (Lipinski definition) is 0. The fraction of sp³-hybridized carbons (Fsp3) is 0.684. The van der Waals surface area contributed by atoms with Crippen molar-refractivity contribution in [1.82, 2.24) is 0 Å². The number of rotatable bonds is 10. The molecule has 1 atom stereocenters. The van der Waals surface area contributed by atoms with E-state index in [1.54, 1.807) is 0 Å². The molecule has 0 saturated heterocycles. The molecule has 0 heterocycles. The van der Waals surface area contributed by atoms with Gasteiger partial charge in [0, 0.05) is 12.0 Å². The minimum atomic E-state index is 0. The van der Waals surface area contributed by atoms with E-state index in [1.165, 1.54) is 57.1 Å². The van der Waals surface area contributed by atoms with Gasteiger partial charge >= 0.3 is 0 Å². The standard InChI is InChI=1S/C19H34N.ClH/c1-5-7-8-9-10-14-17-19(20(3,4)6-2)18-15-12-11-13-16-18;/h11-13,15-16,19H,5-10,14,17H2,1-4H3;1H/q+1;/p-1. The third-order valence-corrected chi connectivity index (χ3v) is 4.67. The van der Waals surface area contributed by atoms with Gasteiger partial charge in [-0.25, -0.2) is 0 Å². The minimum absolute atomic E-state index is 0. The van der Waals surface area contributed by atoms with E-state index in [9.17, 15) is 0 Å². The predicted molar refractivity (Wildman–Crippen MR) is 89.8 cm³/mol. The van der Waals surface area contributed by atoms with E-state index < -0.39 is 0 Å². The van der Waals surface area contributed by atoms with Gasteiger partial charge in [0.2, 0.25) is 0 Å². The van der Waals surface area contributed by atoms with Crippen molar-refractivity contribution in [2.45, 2.75) is 64.8 Å². The number of benzene rings is 1. The summed E-state index contributed by atoms with van der Waals surface area (Å²) in [5.74, 6) is 0. The quantitative estimate of drug-likeness (QED) is 0.460. The second kappa shape index (κ2) is 11.1. The summed E-state index contributed by atoms with van der Waals surface area (Å²) in [5.41, 5.74) is 1.51. The van der Waals surface area contributed by atoms with Crippen LogP contribution >= 0.6 is 0 Å². The van der Waals surface area contributed by atoms with Crippen LogP contribution in [0.15, 0.2) is 30.3 Å². The average molecular weight is 312 g/mol. The van der Waals surface area contributed by atoms with Crippen molar-refractivity contribution in [2.75, 3.05) is 20.6 Å². The molecule has 0 fully saturated rings. The molecule has 122 valence electrons. The maximum atomic E-state index is 2.37. The summed E-state index contributed by atoms with van der Waals surface area (Å²) in [5, 5.41) is 0. The van der Waals surface area contributed by atoms with Gasteiger partial charge in [-0.05, 0) is 13.3 Å². The van der Waals surface area contributed by atoms with Gasteiger partial charge in [-0.1, -0.05) is 69.4 Å². The molecule has 1 rings (SSSR count). The van der Waals surface area contributed by atoms with Crippen LogP contribution in [-0.4, -0.2) is 25.1 Å². The van der Waals surface area contributed by atoms with Crippen molar-refractivity contribution in [3.8, 4) is 0 Å². The molecule has 0 saturated carbocycles. The third kappa shape index (κ3) is 7.33. The number of unbranched alkanes of at least 4 members (excludes halogenated alkanes) is 5. The molecule has 1 aromatic rings. The van der Waals surface area contributed by atoms with E-state index in [1.807, 2.05) is 0 Å². The maximum absolute atomic E-state index is 2.37. The lowest BCUT2D eigenvalue weighted by molar-refractivity contribution is -0.920. The van der Waals surface area contributed by atoms with E-state index >= 15 is 0 Å². The topological polar surface area (TPSA) is 0 Å². The molecule has 0 bridgehead atoms. The third-order valence-electron chi connectivity index (χ3n) is 4.67. The Balaban J connectivity index is 0.00000400. The first-order chi connectivity index (χ1) is 9.61.